The van der Waals surface area contributed by atoms with E-state index in [0.717, 1.165) is 0 Å². The van der Waals surface area contributed by atoms with Gasteiger partial charge in [-0.3, -0.25) is 9.59 Å². The van der Waals surface area contributed by atoms with E-state index in [1.807, 2.05) is 0 Å². The van der Waals surface area contributed by atoms with Gasteiger partial charge in [0.05, 0.1) is 11.5 Å². The molecule has 3 heteroatoms. The Labute approximate surface area is 70.4 Å². The fourth-order valence-corrected chi connectivity index (χ4v) is 1.37. The number of ketones is 2. The van der Waals surface area contributed by atoms with E-state index in [4.69, 9.17) is 0 Å². The molecule has 0 bridgehead atoms. The highest BCUT2D eigenvalue weighted by molar-refractivity contribution is 6.47. The van der Waals surface area contributed by atoms with Gasteiger partial charge in [-0.15, -0.1) is 5.73 Å². The minimum absolute atomic E-state index is 0.0202. The molecule has 64 valence electrons. The molecule has 1 rings (SSSR count). The van der Waals surface area contributed by atoms with Gasteiger partial charge < -0.3 is 5.11 Å². The van der Waals surface area contributed by atoms with Gasteiger partial charge >= 0.3 is 0 Å². The molecule has 1 aliphatic carbocycles. The summed E-state index contributed by atoms with van der Waals surface area (Å²) < 4.78 is 0. The van der Waals surface area contributed by atoms with Gasteiger partial charge in [0.1, 0.15) is 6.10 Å². The number of aliphatic hydroxyl groups is 1. The normalized spacial score (nSPS) is 29.3. The predicted molar refractivity (Wildman–Crippen MR) is 42.5 cm³/mol. The lowest BCUT2D eigenvalue weighted by molar-refractivity contribution is -0.135. The van der Waals surface area contributed by atoms with Crippen LogP contribution in [0.3, 0.4) is 0 Å². The Morgan fingerprint density at radius 1 is 1.58 bits per heavy atom. The van der Waals surface area contributed by atoms with E-state index in [2.05, 4.69) is 12.3 Å². The lowest BCUT2D eigenvalue weighted by Crippen LogP contribution is -2.19. The number of carbonyl (C=O) groups is 2. The lowest BCUT2D eigenvalue weighted by Gasteiger charge is -2.07. The van der Waals surface area contributed by atoms with Crippen molar-refractivity contribution >= 4 is 11.6 Å². The van der Waals surface area contributed by atoms with Gasteiger partial charge in [-0.1, -0.05) is 13.5 Å². The fraction of sp³-hybridized carbons (Fsp3) is 0.444. The molecule has 0 radical (unpaired) electrons. The SMILES string of the molecule is C=C=C1C(=O)C(=O)C(CC)C1O. The molecule has 0 aromatic heterocycles. The smallest absolute Gasteiger partial charge is 0.235 e. The second kappa shape index (κ2) is 3.05. The summed E-state index contributed by atoms with van der Waals surface area (Å²) in [4.78, 5) is 22.2. The third kappa shape index (κ3) is 1.04. The van der Waals surface area contributed by atoms with E-state index >= 15 is 0 Å². The third-order valence-corrected chi connectivity index (χ3v) is 2.11. The van der Waals surface area contributed by atoms with Gasteiger partial charge in [0, 0.05) is 0 Å². The van der Waals surface area contributed by atoms with Gasteiger partial charge in [-0.25, -0.2) is 0 Å². The summed E-state index contributed by atoms with van der Waals surface area (Å²) in [7, 11) is 0. The molecule has 0 amide bonds. The van der Waals surface area contributed by atoms with Crippen LogP contribution in [0.4, 0.5) is 0 Å². The standard InChI is InChI=1S/C9H10O3/c1-3-5-7(10)6(4-2)9(12)8(5)11/h6-7,10H,1,4H2,2H3. The highest BCUT2D eigenvalue weighted by atomic mass is 16.3. The average Bonchev–Trinajstić information content (AvgIpc) is 2.25. The van der Waals surface area contributed by atoms with E-state index in [9.17, 15) is 14.7 Å². The molecule has 2 atom stereocenters. The van der Waals surface area contributed by atoms with Crippen molar-refractivity contribution in [2.24, 2.45) is 5.92 Å². The van der Waals surface area contributed by atoms with Gasteiger partial charge in [-0.2, -0.15) is 0 Å². The zero-order chi connectivity index (χ0) is 9.30. The molecule has 0 aromatic carbocycles. The van der Waals surface area contributed by atoms with Gasteiger partial charge in [0.25, 0.3) is 0 Å². The number of rotatable bonds is 1. The maximum absolute atomic E-state index is 11.1. The molecular weight excluding hydrogens is 156 g/mol. The van der Waals surface area contributed by atoms with Crippen molar-refractivity contribution in [3.63, 3.8) is 0 Å². The summed E-state index contributed by atoms with van der Waals surface area (Å²) >= 11 is 0. The first-order valence-corrected chi connectivity index (χ1v) is 3.80. The minimum Gasteiger partial charge on any atom is -0.387 e. The van der Waals surface area contributed by atoms with Crippen LogP contribution in [-0.4, -0.2) is 22.8 Å². The molecule has 0 aliphatic heterocycles. The van der Waals surface area contributed by atoms with Crippen LogP contribution in [0, 0.1) is 5.92 Å². The molecule has 0 saturated heterocycles. The Bertz CT molecular complexity index is 284. The molecule has 1 fully saturated rings. The van der Waals surface area contributed by atoms with E-state index in [0.29, 0.717) is 6.42 Å². The Balaban J connectivity index is 3.10. The Morgan fingerprint density at radius 2 is 2.17 bits per heavy atom. The second-order valence-electron chi connectivity index (χ2n) is 2.74. The Morgan fingerprint density at radius 3 is 2.42 bits per heavy atom. The number of carbonyl (C=O) groups excluding carboxylic acids is 2. The summed E-state index contributed by atoms with van der Waals surface area (Å²) in [6.07, 6.45) is -0.524. The molecule has 0 aromatic rings. The summed E-state index contributed by atoms with van der Waals surface area (Å²) in [5, 5.41) is 9.41. The second-order valence-corrected chi connectivity index (χ2v) is 2.74. The number of hydrogen-bond donors (Lipinski definition) is 1. The van der Waals surface area contributed by atoms with Crippen LogP contribution in [0.5, 0.6) is 0 Å². The maximum atomic E-state index is 11.1. The van der Waals surface area contributed by atoms with E-state index in [1.54, 1.807) is 6.92 Å². The zero-order valence-electron chi connectivity index (χ0n) is 6.83. The van der Waals surface area contributed by atoms with E-state index < -0.39 is 23.6 Å². The molecule has 12 heavy (non-hydrogen) atoms. The van der Waals surface area contributed by atoms with Crippen molar-refractivity contribution in [3.8, 4) is 0 Å². The van der Waals surface area contributed by atoms with Crippen molar-refractivity contribution in [2.75, 3.05) is 0 Å². The number of hydrogen-bond acceptors (Lipinski definition) is 3. The van der Waals surface area contributed by atoms with Crippen molar-refractivity contribution in [2.45, 2.75) is 19.4 Å². The summed E-state index contributed by atoms with van der Waals surface area (Å²) in [5.41, 5.74) is 2.32. The maximum Gasteiger partial charge on any atom is 0.235 e. The van der Waals surface area contributed by atoms with E-state index in [1.165, 1.54) is 0 Å². The predicted octanol–water partition coefficient (Wildman–Crippen LogP) is 0.237. The third-order valence-electron chi connectivity index (χ3n) is 2.11. The zero-order valence-corrected chi connectivity index (χ0v) is 6.83. The van der Waals surface area contributed by atoms with Crippen LogP contribution in [0.1, 0.15) is 13.3 Å². The molecule has 1 saturated carbocycles. The largest absolute Gasteiger partial charge is 0.387 e. The summed E-state index contributed by atoms with van der Waals surface area (Å²) in [6, 6.07) is 0. The Hall–Kier alpha value is -1.18. The van der Waals surface area contributed by atoms with Gasteiger partial charge in [-0.05, 0) is 6.42 Å². The van der Waals surface area contributed by atoms with Crippen molar-refractivity contribution < 1.29 is 14.7 Å². The number of Topliss-reactive ketones (excluding diaryl/α,β-unsaturated/α-hetero) is 2. The first-order valence-electron chi connectivity index (χ1n) is 3.80. The van der Waals surface area contributed by atoms with E-state index in [-0.39, 0.29) is 5.57 Å². The molecule has 0 spiro atoms. The van der Waals surface area contributed by atoms with Crippen LogP contribution in [0.25, 0.3) is 0 Å². The molecule has 1 N–H and O–H groups in total. The lowest BCUT2D eigenvalue weighted by atomic mass is 10.0. The van der Waals surface area contributed by atoms with Crippen molar-refractivity contribution in [1.29, 1.82) is 0 Å². The molecule has 1 aliphatic rings. The van der Waals surface area contributed by atoms with Crippen LogP contribution in [0.15, 0.2) is 17.9 Å². The minimum atomic E-state index is -0.993. The highest BCUT2D eigenvalue weighted by Gasteiger charge is 2.43. The number of aliphatic hydroxyl groups excluding tert-OH is 1. The summed E-state index contributed by atoms with van der Waals surface area (Å²) in [5.74, 6) is -1.73. The monoisotopic (exact) mass is 166 g/mol. The highest BCUT2D eigenvalue weighted by Crippen LogP contribution is 2.26. The van der Waals surface area contributed by atoms with Crippen LogP contribution in [-0.2, 0) is 9.59 Å². The van der Waals surface area contributed by atoms with Gasteiger partial charge in [0.2, 0.25) is 11.6 Å². The van der Waals surface area contributed by atoms with Crippen molar-refractivity contribution in [1.82, 2.24) is 0 Å². The summed E-state index contributed by atoms with van der Waals surface area (Å²) in [6.45, 7) is 5.01. The van der Waals surface area contributed by atoms with Crippen LogP contribution < -0.4 is 0 Å². The Kier molecular flexibility index (Phi) is 2.27. The van der Waals surface area contributed by atoms with Gasteiger partial charge in [0.15, 0.2) is 0 Å². The average molecular weight is 166 g/mol. The quantitative estimate of drug-likeness (QED) is 0.345. The molecular formula is C9H10O3. The fourth-order valence-electron chi connectivity index (χ4n) is 1.37. The molecule has 3 nitrogen and oxygen atoms in total. The first-order chi connectivity index (χ1) is 5.63. The first kappa shape index (κ1) is 8.91. The molecule has 0 heterocycles. The van der Waals surface area contributed by atoms with Crippen molar-refractivity contribution in [3.05, 3.63) is 17.9 Å². The molecule has 2 unspecified atom stereocenters. The van der Waals surface area contributed by atoms with Crippen LogP contribution in [0.2, 0.25) is 0 Å². The topological polar surface area (TPSA) is 54.4 Å². The van der Waals surface area contributed by atoms with Crippen LogP contribution >= 0.6 is 0 Å².